The van der Waals surface area contributed by atoms with Crippen LogP contribution in [0.25, 0.3) is 0 Å². The van der Waals surface area contributed by atoms with Crippen LogP contribution in [-0.2, 0) is 0 Å². The van der Waals surface area contributed by atoms with Crippen LogP contribution >= 0.6 is 0 Å². The topological polar surface area (TPSA) is 6.48 Å². The van der Waals surface area contributed by atoms with Gasteiger partial charge in [-0.15, -0.1) is 0 Å². The van der Waals surface area contributed by atoms with Crippen LogP contribution in [0.1, 0.15) is 57.8 Å². The molecule has 0 atom stereocenters. The van der Waals surface area contributed by atoms with Gasteiger partial charge in [0.25, 0.3) is 0 Å². The van der Waals surface area contributed by atoms with Crippen molar-refractivity contribution in [2.45, 2.75) is 57.8 Å². The van der Waals surface area contributed by atoms with Crippen molar-refractivity contribution in [1.29, 1.82) is 0 Å². The van der Waals surface area contributed by atoms with Crippen LogP contribution in [0, 0.1) is 0 Å². The fraction of sp³-hybridized carbons (Fsp3) is 1.00. The van der Waals surface area contributed by atoms with E-state index in [9.17, 15) is 0 Å². The minimum Gasteiger partial charge on any atom is -0.242 e. The van der Waals surface area contributed by atoms with E-state index in [2.05, 4.69) is 10.0 Å². The van der Waals surface area contributed by atoms with Gasteiger partial charge < -0.3 is 0 Å². The summed E-state index contributed by atoms with van der Waals surface area (Å²) >= 11 is 0. The van der Waals surface area contributed by atoms with E-state index in [0.717, 1.165) is 0 Å². The predicted molar refractivity (Wildman–Crippen MR) is 64.7 cm³/mol. The maximum atomic E-state index is 2.66. The molecule has 0 aromatic rings. The summed E-state index contributed by atoms with van der Waals surface area (Å²) in [5, 5.41) is 5.31. The molecule has 2 saturated heterocycles. The molecule has 2 heterocycles. The summed E-state index contributed by atoms with van der Waals surface area (Å²) in [6, 6.07) is 0. The van der Waals surface area contributed by atoms with E-state index < -0.39 is 0 Å². The first-order chi connectivity index (χ1) is 7.47. The summed E-state index contributed by atoms with van der Waals surface area (Å²) in [5.74, 6) is 0. The Bertz CT molecular complexity index is 154. The fourth-order valence-corrected chi connectivity index (χ4v) is 2.85. The van der Waals surface area contributed by atoms with Gasteiger partial charge in [0.2, 0.25) is 0 Å². The number of rotatable bonds is 1. The van der Waals surface area contributed by atoms with E-state index in [1.807, 2.05) is 0 Å². The van der Waals surface area contributed by atoms with Gasteiger partial charge in [-0.05, 0) is 25.7 Å². The Labute approximate surface area is 94.6 Å². The maximum Gasteiger partial charge on any atom is 0.0133 e. The molecule has 2 aliphatic rings. The van der Waals surface area contributed by atoms with Crippen molar-refractivity contribution in [3.8, 4) is 0 Å². The highest BCUT2D eigenvalue weighted by Crippen LogP contribution is 2.16. The molecule has 0 aliphatic carbocycles. The molecule has 0 radical (unpaired) electrons. The Morgan fingerprint density at radius 1 is 0.333 bits per heavy atom. The first-order valence-electron chi connectivity index (χ1n) is 6.96. The Morgan fingerprint density at radius 3 is 0.933 bits per heavy atom. The van der Waals surface area contributed by atoms with Crippen LogP contribution in [0.15, 0.2) is 0 Å². The van der Waals surface area contributed by atoms with Crippen molar-refractivity contribution in [2.75, 3.05) is 26.2 Å². The zero-order valence-corrected chi connectivity index (χ0v) is 10.1. The summed E-state index contributed by atoms with van der Waals surface area (Å²) in [7, 11) is 0. The van der Waals surface area contributed by atoms with Crippen molar-refractivity contribution in [3.63, 3.8) is 0 Å². The molecule has 2 fully saturated rings. The van der Waals surface area contributed by atoms with Gasteiger partial charge >= 0.3 is 0 Å². The Hall–Kier alpha value is -0.0800. The van der Waals surface area contributed by atoms with Gasteiger partial charge in [-0.3, -0.25) is 0 Å². The van der Waals surface area contributed by atoms with Crippen LogP contribution in [-0.4, -0.2) is 36.2 Å². The molecule has 2 nitrogen and oxygen atoms in total. The zero-order valence-electron chi connectivity index (χ0n) is 10.1. The second-order valence-electron chi connectivity index (χ2n) is 5.09. The van der Waals surface area contributed by atoms with Gasteiger partial charge in [0.05, 0.1) is 0 Å². The highest BCUT2D eigenvalue weighted by Gasteiger charge is 2.17. The average molecular weight is 210 g/mol. The quantitative estimate of drug-likeness (QED) is 0.656. The first kappa shape index (κ1) is 11.4. The molecule has 0 aromatic heterocycles. The Balaban J connectivity index is 1.82. The molecule has 88 valence electrons. The third kappa shape index (κ3) is 3.76. The highest BCUT2D eigenvalue weighted by molar-refractivity contribution is 4.65. The van der Waals surface area contributed by atoms with E-state index in [0.29, 0.717) is 0 Å². The molecular weight excluding hydrogens is 184 g/mol. The van der Waals surface area contributed by atoms with Crippen LogP contribution in [0.3, 0.4) is 0 Å². The van der Waals surface area contributed by atoms with E-state index in [4.69, 9.17) is 0 Å². The van der Waals surface area contributed by atoms with Crippen LogP contribution in [0.5, 0.6) is 0 Å². The van der Waals surface area contributed by atoms with Crippen molar-refractivity contribution >= 4 is 0 Å². The number of hydrogen-bond acceptors (Lipinski definition) is 2. The van der Waals surface area contributed by atoms with E-state index in [1.54, 1.807) is 0 Å². The van der Waals surface area contributed by atoms with Crippen LogP contribution in [0.2, 0.25) is 0 Å². The number of hydrogen-bond donors (Lipinski definition) is 0. The largest absolute Gasteiger partial charge is 0.242 e. The third-order valence-corrected chi connectivity index (χ3v) is 3.81. The maximum absolute atomic E-state index is 2.66. The minimum atomic E-state index is 1.32. The van der Waals surface area contributed by atoms with E-state index in [-0.39, 0.29) is 0 Å². The van der Waals surface area contributed by atoms with Crippen molar-refractivity contribution in [1.82, 2.24) is 10.0 Å². The highest BCUT2D eigenvalue weighted by atomic mass is 15.6. The molecule has 2 aliphatic heterocycles. The summed E-state index contributed by atoms with van der Waals surface area (Å²) in [5.41, 5.74) is 0. The summed E-state index contributed by atoms with van der Waals surface area (Å²) < 4.78 is 0. The van der Waals surface area contributed by atoms with Gasteiger partial charge in [-0.25, -0.2) is 10.0 Å². The van der Waals surface area contributed by atoms with Crippen molar-refractivity contribution in [3.05, 3.63) is 0 Å². The molecule has 0 bridgehead atoms. The summed E-state index contributed by atoms with van der Waals surface area (Å²) in [4.78, 5) is 0. The number of nitrogens with zero attached hydrogens (tertiary/aromatic N) is 2. The number of hydrazine groups is 1. The molecule has 0 N–H and O–H groups in total. The molecule has 0 saturated carbocycles. The summed E-state index contributed by atoms with van der Waals surface area (Å²) in [6.45, 7) is 5.28. The zero-order chi connectivity index (χ0) is 10.3. The van der Waals surface area contributed by atoms with Gasteiger partial charge in [-0.1, -0.05) is 32.1 Å². The monoisotopic (exact) mass is 210 g/mol. The van der Waals surface area contributed by atoms with Crippen LogP contribution < -0.4 is 0 Å². The molecule has 2 heteroatoms. The van der Waals surface area contributed by atoms with Gasteiger partial charge in [0, 0.05) is 26.2 Å². The van der Waals surface area contributed by atoms with Crippen molar-refractivity contribution < 1.29 is 0 Å². The normalized spacial score (nSPS) is 28.0. The summed E-state index contributed by atoms with van der Waals surface area (Å²) in [6.07, 6.45) is 12.9. The molecule has 0 spiro atoms. The van der Waals surface area contributed by atoms with Crippen LogP contribution in [0.4, 0.5) is 0 Å². The average Bonchev–Trinajstić information content (AvgIpc) is 2.45. The van der Waals surface area contributed by atoms with Crippen molar-refractivity contribution in [2.24, 2.45) is 0 Å². The minimum absolute atomic E-state index is 1.32. The molecular formula is C13H26N2. The molecule has 0 aromatic carbocycles. The molecule has 0 amide bonds. The van der Waals surface area contributed by atoms with Gasteiger partial charge in [0.1, 0.15) is 0 Å². The Morgan fingerprint density at radius 2 is 0.600 bits per heavy atom. The third-order valence-electron chi connectivity index (χ3n) is 3.81. The molecule has 15 heavy (non-hydrogen) atoms. The molecule has 2 rings (SSSR count). The predicted octanol–water partition coefficient (Wildman–Crippen LogP) is 3.04. The standard InChI is InChI=1S/C13H26N2/c1-2-6-10-14(11-7-3-1)15-12-8-4-5-9-13-15/h1-13H2. The SMILES string of the molecule is C1CCCN(N2CCCCCC2)CCC1. The van der Waals surface area contributed by atoms with E-state index in [1.165, 1.54) is 84.0 Å². The Kier molecular flexibility index (Phi) is 4.94. The lowest BCUT2D eigenvalue weighted by molar-refractivity contribution is -0.0280. The lowest BCUT2D eigenvalue weighted by atomic mass is 10.1. The smallest absolute Gasteiger partial charge is 0.0133 e. The van der Waals surface area contributed by atoms with E-state index >= 15 is 0 Å². The lowest BCUT2D eigenvalue weighted by Crippen LogP contribution is -2.44. The lowest BCUT2D eigenvalue weighted by Gasteiger charge is -2.35. The van der Waals surface area contributed by atoms with Gasteiger partial charge in [-0.2, -0.15) is 0 Å². The molecule has 0 unspecified atom stereocenters. The second kappa shape index (κ2) is 6.49. The fourth-order valence-electron chi connectivity index (χ4n) is 2.85. The second-order valence-corrected chi connectivity index (χ2v) is 5.09. The first-order valence-corrected chi connectivity index (χ1v) is 6.96. The van der Waals surface area contributed by atoms with Gasteiger partial charge in [0.15, 0.2) is 0 Å².